The van der Waals surface area contributed by atoms with E-state index in [-0.39, 0.29) is 24.8 Å². The van der Waals surface area contributed by atoms with Gasteiger partial charge in [-0.05, 0) is 57.2 Å². The van der Waals surface area contributed by atoms with Crippen molar-refractivity contribution < 1.29 is 17.0 Å². The van der Waals surface area contributed by atoms with Crippen LogP contribution in [0.4, 0.5) is 0 Å². The third kappa shape index (κ3) is 3.38. The zero-order valence-electron chi connectivity index (χ0n) is 14.8. The van der Waals surface area contributed by atoms with Gasteiger partial charge in [-0.1, -0.05) is 30.3 Å². The second-order valence-corrected chi connectivity index (χ2v) is 7.58. The van der Waals surface area contributed by atoms with Crippen LogP contribution in [-0.2, 0) is 0 Å². The van der Waals surface area contributed by atoms with Crippen molar-refractivity contribution in [3.63, 3.8) is 0 Å². The van der Waals surface area contributed by atoms with Crippen LogP contribution < -0.4 is 12.4 Å². The number of piperidine rings is 1. The standard InChI is InChI=1S/C20H29N2.2ClH/c1-3-22-13-18-16-10-7-11-21(2)20(16)12-17(19(18)14-22)15-8-5-4-6-9-15;;/h4-6,8-9,13,16-20H,3,7,10-12,14H2,1-2H3;2*1H/q+1;;/p-1. The van der Waals surface area contributed by atoms with Gasteiger partial charge in [0.25, 0.3) is 0 Å². The Balaban J connectivity index is 0.00000104. The Morgan fingerprint density at radius 1 is 1.17 bits per heavy atom. The van der Waals surface area contributed by atoms with E-state index in [9.17, 15) is 0 Å². The zero-order valence-corrected chi connectivity index (χ0v) is 16.3. The van der Waals surface area contributed by atoms with Crippen molar-refractivity contribution in [2.75, 3.05) is 26.7 Å². The quantitative estimate of drug-likeness (QED) is 0.695. The molecular weight excluding hydrogens is 339 g/mol. The Labute approximate surface area is 159 Å². The average molecular weight is 369 g/mol. The number of hydrogen-bond acceptors (Lipinski definition) is 1. The Hall–Kier alpha value is -0.570. The summed E-state index contributed by atoms with van der Waals surface area (Å²) >= 11 is 0. The van der Waals surface area contributed by atoms with Gasteiger partial charge < -0.3 is 17.3 Å². The summed E-state index contributed by atoms with van der Waals surface area (Å²) in [5, 5.41) is 0. The maximum Gasteiger partial charge on any atom is 0.146 e. The summed E-state index contributed by atoms with van der Waals surface area (Å²) in [5.41, 5.74) is 1.57. The minimum Gasteiger partial charge on any atom is -1.00 e. The van der Waals surface area contributed by atoms with Crippen LogP contribution in [0.2, 0.25) is 0 Å². The molecule has 1 aromatic rings. The SMILES string of the molecule is CC[N+]1=CC2C(C1)C(c1ccccc1)CC1C2CCCN1C.Cl.[Cl-]. The number of benzene rings is 1. The number of halogens is 2. The van der Waals surface area contributed by atoms with Gasteiger partial charge in [0, 0.05) is 17.9 Å². The van der Waals surface area contributed by atoms with Crippen molar-refractivity contribution in [3.8, 4) is 0 Å². The maximum atomic E-state index is 2.66. The molecule has 0 amide bonds. The summed E-state index contributed by atoms with van der Waals surface area (Å²) in [6, 6.07) is 12.1. The van der Waals surface area contributed by atoms with E-state index in [1.807, 2.05) is 0 Å². The van der Waals surface area contributed by atoms with E-state index in [1.54, 1.807) is 5.56 Å². The molecule has 0 N–H and O–H groups in total. The molecule has 3 aliphatic rings. The Morgan fingerprint density at radius 3 is 2.62 bits per heavy atom. The first kappa shape index (κ1) is 19.8. The number of likely N-dealkylation sites (tertiary alicyclic amines) is 1. The van der Waals surface area contributed by atoms with Gasteiger partial charge in [-0.2, -0.15) is 0 Å². The molecule has 1 aromatic carbocycles. The first-order chi connectivity index (χ1) is 10.8. The molecule has 1 aliphatic carbocycles. The van der Waals surface area contributed by atoms with Gasteiger partial charge in [-0.3, -0.25) is 0 Å². The predicted molar refractivity (Wildman–Crippen MR) is 98.9 cm³/mol. The molecule has 24 heavy (non-hydrogen) atoms. The maximum absolute atomic E-state index is 2.66. The van der Waals surface area contributed by atoms with Gasteiger partial charge in [-0.15, -0.1) is 12.4 Å². The largest absolute Gasteiger partial charge is 1.00 e. The van der Waals surface area contributed by atoms with Crippen LogP contribution in [0.5, 0.6) is 0 Å². The summed E-state index contributed by atoms with van der Waals surface area (Å²) in [5.74, 6) is 3.25. The molecule has 1 saturated carbocycles. The molecule has 2 fully saturated rings. The first-order valence-corrected chi connectivity index (χ1v) is 9.12. The number of nitrogens with zero attached hydrogens (tertiary/aromatic N) is 2. The van der Waals surface area contributed by atoms with E-state index >= 15 is 0 Å². The molecule has 134 valence electrons. The van der Waals surface area contributed by atoms with Gasteiger partial charge >= 0.3 is 0 Å². The molecule has 0 aromatic heterocycles. The molecule has 2 nitrogen and oxygen atoms in total. The van der Waals surface area contributed by atoms with E-state index in [0.717, 1.165) is 29.7 Å². The van der Waals surface area contributed by atoms with Crippen LogP contribution in [0, 0.1) is 17.8 Å². The fraction of sp³-hybridized carbons (Fsp3) is 0.650. The Morgan fingerprint density at radius 2 is 1.92 bits per heavy atom. The van der Waals surface area contributed by atoms with Gasteiger partial charge in [0.15, 0.2) is 0 Å². The van der Waals surface area contributed by atoms with Gasteiger partial charge in [0.05, 0.1) is 0 Å². The molecule has 5 unspecified atom stereocenters. The van der Waals surface area contributed by atoms with E-state index in [4.69, 9.17) is 0 Å². The third-order valence-corrected chi connectivity index (χ3v) is 6.57. The summed E-state index contributed by atoms with van der Waals surface area (Å²) in [6.07, 6.45) is 6.79. The summed E-state index contributed by atoms with van der Waals surface area (Å²) in [4.78, 5) is 2.66. The number of fused-ring (bicyclic) bond motifs is 3. The molecule has 0 spiro atoms. The smallest absolute Gasteiger partial charge is 0.146 e. The highest BCUT2D eigenvalue weighted by molar-refractivity contribution is 5.85. The molecule has 1 saturated heterocycles. The lowest BCUT2D eigenvalue weighted by Crippen LogP contribution is -3.00. The fourth-order valence-electron chi connectivity index (χ4n) is 5.45. The van der Waals surface area contributed by atoms with Crippen molar-refractivity contribution in [1.82, 2.24) is 4.90 Å². The minimum atomic E-state index is 0. The van der Waals surface area contributed by atoms with E-state index in [2.05, 4.69) is 60.0 Å². The Bertz CT molecular complexity index is 560. The average Bonchev–Trinajstić information content (AvgIpc) is 3.00. The second-order valence-electron chi connectivity index (χ2n) is 7.58. The molecule has 4 rings (SSSR count). The van der Waals surface area contributed by atoms with Gasteiger partial charge in [-0.25, -0.2) is 4.58 Å². The van der Waals surface area contributed by atoms with Crippen LogP contribution in [-0.4, -0.2) is 48.4 Å². The number of hydrogen-bond donors (Lipinski definition) is 0. The summed E-state index contributed by atoms with van der Waals surface area (Å²) < 4.78 is 2.59. The Kier molecular flexibility index (Phi) is 6.75. The van der Waals surface area contributed by atoms with Gasteiger partial charge in [0.2, 0.25) is 0 Å². The highest BCUT2D eigenvalue weighted by Crippen LogP contribution is 2.49. The topological polar surface area (TPSA) is 6.25 Å². The van der Waals surface area contributed by atoms with Crippen molar-refractivity contribution in [1.29, 1.82) is 0 Å². The second kappa shape index (κ2) is 8.21. The van der Waals surface area contributed by atoms with Crippen LogP contribution in [0.25, 0.3) is 0 Å². The molecule has 0 bridgehead atoms. The third-order valence-electron chi connectivity index (χ3n) is 6.57. The lowest BCUT2D eigenvalue weighted by atomic mass is 9.61. The molecular formula is C20H30Cl2N2. The normalized spacial score (nSPS) is 35.1. The monoisotopic (exact) mass is 368 g/mol. The molecule has 0 radical (unpaired) electrons. The van der Waals surface area contributed by atoms with Crippen molar-refractivity contribution >= 4 is 18.6 Å². The zero-order chi connectivity index (χ0) is 15.1. The van der Waals surface area contributed by atoms with E-state index in [0.29, 0.717) is 0 Å². The van der Waals surface area contributed by atoms with E-state index < -0.39 is 0 Å². The van der Waals surface area contributed by atoms with Crippen LogP contribution >= 0.6 is 12.4 Å². The van der Waals surface area contributed by atoms with Crippen LogP contribution in [0.15, 0.2) is 30.3 Å². The fourth-order valence-corrected chi connectivity index (χ4v) is 5.45. The first-order valence-electron chi connectivity index (χ1n) is 9.12. The van der Waals surface area contributed by atoms with Gasteiger partial charge in [0.1, 0.15) is 19.3 Å². The number of rotatable bonds is 2. The van der Waals surface area contributed by atoms with Crippen molar-refractivity contribution in [3.05, 3.63) is 35.9 Å². The lowest BCUT2D eigenvalue weighted by Gasteiger charge is -2.49. The highest BCUT2D eigenvalue weighted by Gasteiger charge is 2.51. The molecule has 4 heteroatoms. The summed E-state index contributed by atoms with van der Waals surface area (Å²) in [7, 11) is 2.35. The van der Waals surface area contributed by atoms with Crippen molar-refractivity contribution in [2.24, 2.45) is 17.8 Å². The minimum absolute atomic E-state index is 0. The predicted octanol–water partition coefficient (Wildman–Crippen LogP) is 0.659. The van der Waals surface area contributed by atoms with Crippen LogP contribution in [0.1, 0.15) is 37.7 Å². The van der Waals surface area contributed by atoms with Crippen LogP contribution in [0.3, 0.4) is 0 Å². The highest BCUT2D eigenvalue weighted by atomic mass is 35.5. The molecule has 5 atom stereocenters. The molecule has 2 heterocycles. The lowest BCUT2D eigenvalue weighted by molar-refractivity contribution is -0.517. The molecule has 2 aliphatic heterocycles. The summed E-state index contributed by atoms with van der Waals surface area (Å²) in [6.45, 7) is 6.03. The van der Waals surface area contributed by atoms with E-state index in [1.165, 1.54) is 38.9 Å². The van der Waals surface area contributed by atoms with Crippen molar-refractivity contribution in [2.45, 2.75) is 38.1 Å².